The largest absolute Gasteiger partial charge is 0.357 e. The van der Waals surface area contributed by atoms with Crippen LogP contribution in [0.3, 0.4) is 0 Å². The minimum atomic E-state index is 0.579. The molecule has 1 aliphatic carbocycles. The number of pyridine rings is 1. The van der Waals surface area contributed by atoms with Crippen molar-refractivity contribution >= 4 is 5.96 Å². The highest BCUT2D eigenvalue weighted by molar-refractivity contribution is 5.80. The van der Waals surface area contributed by atoms with Gasteiger partial charge >= 0.3 is 0 Å². The zero-order valence-electron chi connectivity index (χ0n) is 11.7. The number of guanidine groups is 1. The molecular formula is C15H24N4. The molecule has 0 aliphatic heterocycles. The SMILES string of the molecule is CCNC(=NCc1ccccn1)NC1CCCCC1. The zero-order chi connectivity index (χ0) is 13.3. The number of hydrogen-bond donors (Lipinski definition) is 2. The molecule has 0 saturated heterocycles. The second-order valence-corrected chi connectivity index (χ2v) is 5.00. The molecule has 0 unspecified atom stereocenters. The Hall–Kier alpha value is -1.58. The third kappa shape index (κ3) is 4.89. The molecule has 0 atom stereocenters. The summed E-state index contributed by atoms with van der Waals surface area (Å²) in [5, 5.41) is 6.85. The molecule has 104 valence electrons. The van der Waals surface area contributed by atoms with E-state index in [0.717, 1.165) is 18.2 Å². The predicted molar refractivity (Wildman–Crippen MR) is 79.1 cm³/mol. The van der Waals surface area contributed by atoms with Crippen molar-refractivity contribution < 1.29 is 0 Å². The Bertz CT molecular complexity index is 382. The first kappa shape index (κ1) is 13.8. The average Bonchev–Trinajstić information content (AvgIpc) is 2.47. The summed E-state index contributed by atoms with van der Waals surface area (Å²) >= 11 is 0. The minimum absolute atomic E-state index is 0.579. The van der Waals surface area contributed by atoms with Crippen LogP contribution in [-0.4, -0.2) is 23.5 Å². The molecule has 4 nitrogen and oxygen atoms in total. The van der Waals surface area contributed by atoms with E-state index >= 15 is 0 Å². The minimum Gasteiger partial charge on any atom is -0.357 e. The molecule has 0 aromatic carbocycles. The van der Waals surface area contributed by atoms with Gasteiger partial charge in [-0.05, 0) is 31.9 Å². The van der Waals surface area contributed by atoms with E-state index in [1.54, 1.807) is 0 Å². The summed E-state index contributed by atoms with van der Waals surface area (Å²) in [5.41, 5.74) is 1.00. The van der Waals surface area contributed by atoms with Gasteiger partial charge in [-0.2, -0.15) is 0 Å². The van der Waals surface area contributed by atoms with Gasteiger partial charge in [0, 0.05) is 18.8 Å². The van der Waals surface area contributed by atoms with Gasteiger partial charge in [0.2, 0.25) is 0 Å². The topological polar surface area (TPSA) is 49.3 Å². The Morgan fingerprint density at radius 2 is 2.16 bits per heavy atom. The van der Waals surface area contributed by atoms with E-state index < -0.39 is 0 Å². The zero-order valence-corrected chi connectivity index (χ0v) is 11.7. The van der Waals surface area contributed by atoms with Crippen LogP contribution in [0.4, 0.5) is 0 Å². The first-order valence-electron chi connectivity index (χ1n) is 7.33. The normalized spacial score (nSPS) is 17.2. The molecule has 2 N–H and O–H groups in total. The van der Waals surface area contributed by atoms with Crippen LogP contribution in [-0.2, 0) is 6.54 Å². The summed E-state index contributed by atoms with van der Waals surface area (Å²) in [5.74, 6) is 0.917. The van der Waals surface area contributed by atoms with Crippen LogP contribution in [0.25, 0.3) is 0 Å². The van der Waals surface area contributed by atoms with Gasteiger partial charge in [0.15, 0.2) is 5.96 Å². The van der Waals surface area contributed by atoms with Gasteiger partial charge < -0.3 is 10.6 Å². The van der Waals surface area contributed by atoms with E-state index in [0.29, 0.717) is 12.6 Å². The Kier molecular flexibility index (Phi) is 5.66. The van der Waals surface area contributed by atoms with Crippen molar-refractivity contribution in [2.45, 2.75) is 51.6 Å². The standard InChI is InChI=1S/C15H24N4/c1-2-16-15(19-13-8-4-3-5-9-13)18-12-14-10-6-7-11-17-14/h6-7,10-11,13H,2-5,8-9,12H2,1H3,(H2,16,18,19). The van der Waals surface area contributed by atoms with E-state index in [9.17, 15) is 0 Å². The highest BCUT2D eigenvalue weighted by Crippen LogP contribution is 2.17. The molecule has 1 saturated carbocycles. The lowest BCUT2D eigenvalue weighted by atomic mass is 9.96. The predicted octanol–water partition coefficient (Wildman–Crippen LogP) is 2.47. The van der Waals surface area contributed by atoms with Gasteiger partial charge in [-0.1, -0.05) is 25.3 Å². The molecule has 1 heterocycles. The molecule has 19 heavy (non-hydrogen) atoms. The monoisotopic (exact) mass is 260 g/mol. The number of hydrogen-bond acceptors (Lipinski definition) is 2. The van der Waals surface area contributed by atoms with Gasteiger partial charge in [-0.25, -0.2) is 4.99 Å². The molecule has 0 amide bonds. The molecule has 1 aromatic rings. The summed E-state index contributed by atoms with van der Waals surface area (Å²) in [4.78, 5) is 8.90. The lowest BCUT2D eigenvalue weighted by Crippen LogP contribution is -2.44. The second-order valence-electron chi connectivity index (χ2n) is 5.00. The van der Waals surface area contributed by atoms with Crippen LogP contribution in [0.1, 0.15) is 44.7 Å². The molecule has 0 spiro atoms. The van der Waals surface area contributed by atoms with Crippen LogP contribution in [0, 0.1) is 0 Å². The van der Waals surface area contributed by atoms with E-state index in [1.165, 1.54) is 32.1 Å². The van der Waals surface area contributed by atoms with Crippen LogP contribution >= 0.6 is 0 Å². The molecule has 1 aliphatic rings. The lowest BCUT2D eigenvalue weighted by Gasteiger charge is -2.24. The lowest BCUT2D eigenvalue weighted by molar-refractivity contribution is 0.410. The Labute approximate surface area is 115 Å². The first-order chi connectivity index (χ1) is 9.38. The molecule has 0 bridgehead atoms. The average molecular weight is 260 g/mol. The summed E-state index contributed by atoms with van der Waals surface area (Å²) < 4.78 is 0. The summed E-state index contributed by atoms with van der Waals surface area (Å²) in [6, 6.07) is 6.52. The van der Waals surface area contributed by atoms with Crippen molar-refractivity contribution in [2.75, 3.05) is 6.54 Å². The van der Waals surface area contributed by atoms with Gasteiger partial charge in [0.05, 0.1) is 12.2 Å². The van der Waals surface area contributed by atoms with Gasteiger partial charge in [0.1, 0.15) is 0 Å². The summed E-state index contributed by atoms with van der Waals surface area (Å²) in [6.45, 7) is 3.61. The third-order valence-electron chi connectivity index (χ3n) is 3.42. The van der Waals surface area contributed by atoms with Crippen LogP contribution in [0.15, 0.2) is 29.4 Å². The van der Waals surface area contributed by atoms with Crippen LogP contribution in [0.5, 0.6) is 0 Å². The highest BCUT2D eigenvalue weighted by Gasteiger charge is 2.14. The quantitative estimate of drug-likeness (QED) is 0.646. The molecule has 1 aromatic heterocycles. The fourth-order valence-corrected chi connectivity index (χ4v) is 2.41. The van der Waals surface area contributed by atoms with Gasteiger partial charge in [-0.15, -0.1) is 0 Å². The third-order valence-corrected chi connectivity index (χ3v) is 3.42. The van der Waals surface area contributed by atoms with E-state index in [1.807, 2.05) is 24.4 Å². The van der Waals surface area contributed by atoms with E-state index in [-0.39, 0.29) is 0 Å². The number of nitrogens with zero attached hydrogens (tertiary/aromatic N) is 2. The van der Waals surface area contributed by atoms with Crippen LogP contribution < -0.4 is 10.6 Å². The van der Waals surface area contributed by atoms with Crippen molar-refractivity contribution in [3.8, 4) is 0 Å². The van der Waals surface area contributed by atoms with Crippen molar-refractivity contribution in [1.82, 2.24) is 15.6 Å². The van der Waals surface area contributed by atoms with E-state index in [4.69, 9.17) is 0 Å². The van der Waals surface area contributed by atoms with Crippen LogP contribution in [0.2, 0.25) is 0 Å². The molecule has 0 radical (unpaired) electrons. The highest BCUT2D eigenvalue weighted by atomic mass is 15.2. The fourth-order valence-electron chi connectivity index (χ4n) is 2.41. The summed E-state index contributed by atoms with van der Waals surface area (Å²) in [7, 11) is 0. The second kappa shape index (κ2) is 7.77. The van der Waals surface area contributed by atoms with Crippen molar-refractivity contribution in [3.63, 3.8) is 0 Å². The maximum Gasteiger partial charge on any atom is 0.191 e. The maximum absolute atomic E-state index is 4.61. The van der Waals surface area contributed by atoms with Crippen molar-refractivity contribution in [3.05, 3.63) is 30.1 Å². The molecule has 1 fully saturated rings. The summed E-state index contributed by atoms with van der Waals surface area (Å²) in [6.07, 6.45) is 8.36. The molecular weight excluding hydrogens is 236 g/mol. The number of rotatable bonds is 4. The van der Waals surface area contributed by atoms with Crippen molar-refractivity contribution in [1.29, 1.82) is 0 Å². The molecule has 4 heteroatoms. The number of nitrogens with one attached hydrogen (secondary N) is 2. The Morgan fingerprint density at radius 1 is 1.32 bits per heavy atom. The number of aliphatic imine (C=N–C) groups is 1. The van der Waals surface area contributed by atoms with Gasteiger partial charge in [0.25, 0.3) is 0 Å². The van der Waals surface area contributed by atoms with E-state index in [2.05, 4.69) is 27.5 Å². The number of aromatic nitrogens is 1. The smallest absolute Gasteiger partial charge is 0.191 e. The van der Waals surface area contributed by atoms with Crippen molar-refractivity contribution in [2.24, 2.45) is 4.99 Å². The maximum atomic E-state index is 4.61. The fraction of sp³-hybridized carbons (Fsp3) is 0.600. The Balaban J connectivity index is 1.90. The first-order valence-corrected chi connectivity index (χ1v) is 7.33. The molecule has 2 rings (SSSR count). The van der Waals surface area contributed by atoms with Gasteiger partial charge in [-0.3, -0.25) is 4.98 Å². The Morgan fingerprint density at radius 3 is 2.84 bits per heavy atom.